The lowest BCUT2D eigenvalue weighted by Gasteiger charge is -2.27. The monoisotopic (exact) mass is 309 g/mol. The number of esters is 1. The average molecular weight is 309 g/mol. The molecule has 1 aromatic rings. The molecular formula is C16H23NO3S. The van der Waals surface area contributed by atoms with E-state index in [1.54, 1.807) is 18.7 Å². The van der Waals surface area contributed by atoms with Gasteiger partial charge in [0.05, 0.1) is 6.61 Å². The van der Waals surface area contributed by atoms with Crippen LogP contribution in [0.4, 0.5) is 5.69 Å². The van der Waals surface area contributed by atoms with Crippen molar-refractivity contribution in [2.45, 2.75) is 32.6 Å². The van der Waals surface area contributed by atoms with E-state index < -0.39 is 17.3 Å². The Morgan fingerprint density at radius 2 is 2.00 bits per heavy atom. The molecule has 0 aliphatic carbocycles. The molecule has 1 amide bonds. The van der Waals surface area contributed by atoms with Gasteiger partial charge in [-0.2, -0.15) is 0 Å². The van der Waals surface area contributed by atoms with Gasteiger partial charge in [0.15, 0.2) is 0 Å². The fourth-order valence-electron chi connectivity index (χ4n) is 1.99. The Bertz CT molecular complexity index is 508. The van der Waals surface area contributed by atoms with Crippen LogP contribution < -0.4 is 5.32 Å². The van der Waals surface area contributed by atoms with Crippen LogP contribution in [0.5, 0.6) is 0 Å². The van der Waals surface area contributed by atoms with Crippen molar-refractivity contribution in [2.24, 2.45) is 11.3 Å². The maximum absolute atomic E-state index is 12.5. The Morgan fingerprint density at radius 3 is 2.52 bits per heavy atom. The molecule has 0 aliphatic rings. The maximum Gasteiger partial charge on any atom is 0.319 e. The van der Waals surface area contributed by atoms with Crippen molar-refractivity contribution in [2.75, 3.05) is 18.2 Å². The molecule has 116 valence electrons. The Kier molecular flexibility index (Phi) is 6.27. The van der Waals surface area contributed by atoms with E-state index in [1.807, 2.05) is 51.3 Å². The van der Waals surface area contributed by atoms with E-state index in [4.69, 9.17) is 4.74 Å². The minimum Gasteiger partial charge on any atom is -0.465 e. The van der Waals surface area contributed by atoms with Crippen molar-refractivity contribution in [1.82, 2.24) is 0 Å². The van der Waals surface area contributed by atoms with Crippen molar-refractivity contribution >= 4 is 29.3 Å². The molecule has 0 aromatic heterocycles. The van der Waals surface area contributed by atoms with E-state index in [9.17, 15) is 9.59 Å². The minimum atomic E-state index is -0.838. The summed E-state index contributed by atoms with van der Waals surface area (Å²) in [6.07, 6.45) is 1.97. The molecule has 1 atom stereocenters. The third-order valence-corrected chi connectivity index (χ3v) is 3.71. The van der Waals surface area contributed by atoms with Gasteiger partial charge in [0.25, 0.3) is 0 Å². The van der Waals surface area contributed by atoms with Crippen LogP contribution >= 0.6 is 11.8 Å². The molecule has 1 N–H and O–H groups in total. The maximum atomic E-state index is 12.5. The molecule has 1 aromatic carbocycles. The lowest BCUT2D eigenvalue weighted by Crippen LogP contribution is -2.40. The number of hydrogen-bond donors (Lipinski definition) is 1. The number of nitrogens with one attached hydrogen (secondary N) is 1. The number of benzene rings is 1. The topological polar surface area (TPSA) is 55.4 Å². The highest BCUT2D eigenvalue weighted by atomic mass is 32.2. The quantitative estimate of drug-likeness (QED) is 0.513. The highest BCUT2D eigenvalue weighted by molar-refractivity contribution is 7.98. The summed E-state index contributed by atoms with van der Waals surface area (Å²) in [5.74, 6) is -1.65. The first-order valence-electron chi connectivity index (χ1n) is 6.91. The summed E-state index contributed by atoms with van der Waals surface area (Å²) in [7, 11) is 0. The van der Waals surface area contributed by atoms with Gasteiger partial charge in [-0.25, -0.2) is 0 Å². The van der Waals surface area contributed by atoms with Crippen molar-refractivity contribution < 1.29 is 14.3 Å². The van der Waals surface area contributed by atoms with E-state index >= 15 is 0 Å². The van der Waals surface area contributed by atoms with E-state index in [1.165, 1.54) is 0 Å². The zero-order chi connectivity index (χ0) is 16.0. The summed E-state index contributed by atoms with van der Waals surface area (Å²) in [6, 6.07) is 7.53. The zero-order valence-corrected chi connectivity index (χ0v) is 14.0. The normalized spacial score (nSPS) is 12.6. The van der Waals surface area contributed by atoms with Gasteiger partial charge < -0.3 is 10.1 Å². The van der Waals surface area contributed by atoms with Crippen LogP contribution in [0.15, 0.2) is 29.2 Å². The lowest BCUT2D eigenvalue weighted by atomic mass is 9.80. The predicted octanol–water partition coefficient (Wildman–Crippen LogP) is 3.57. The molecule has 1 rings (SSSR count). The van der Waals surface area contributed by atoms with Crippen LogP contribution in [-0.2, 0) is 14.3 Å². The second-order valence-electron chi connectivity index (χ2n) is 5.77. The Labute approximate surface area is 130 Å². The van der Waals surface area contributed by atoms with Gasteiger partial charge >= 0.3 is 5.97 Å². The van der Waals surface area contributed by atoms with Gasteiger partial charge in [0.2, 0.25) is 5.91 Å². The van der Waals surface area contributed by atoms with Crippen LogP contribution in [-0.4, -0.2) is 24.7 Å². The van der Waals surface area contributed by atoms with Crippen LogP contribution in [0.3, 0.4) is 0 Å². The largest absolute Gasteiger partial charge is 0.465 e. The fraction of sp³-hybridized carbons (Fsp3) is 0.500. The van der Waals surface area contributed by atoms with Gasteiger partial charge in [-0.05, 0) is 36.8 Å². The first-order valence-corrected chi connectivity index (χ1v) is 8.13. The predicted molar refractivity (Wildman–Crippen MR) is 86.4 cm³/mol. The van der Waals surface area contributed by atoms with Crippen LogP contribution in [0.25, 0.3) is 0 Å². The van der Waals surface area contributed by atoms with E-state index in [0.29, 0.717) is 5.69 Å². The average Bonchev–Trinajstić information content (AvgIpc) is 2.37. The van der Waals surface area contributed by atoms with Gasteiger partial charge in [0, 0.05) is 10.6 Å². The van der Waals surface area contributed by atoms with Gasteiger partial charge in [-0.1, -0.05) is 26.8 Å². The van der Waals surface area contributed by atoms with Crippen molar-refractivity contribution in [1.29, 1.82) is 0 Å². The van der Waals surface area contributed by atoms with E-state index in [2.05, 4.69) is 5.32 Å². The van der Waals surface area contributed by atoms with E-state index in [-0.39, 0.29) is 12.5 Å². The number of amides is 1. The summed E-state index contributed by atoms with van der Waals surface area (Å²) in [6.45, 7) is 7.56. The highest BCUT2D eigenvalue weighted by Crippen LogP contribution is 2.29. The zero-order valence-electron chi connectivity index (χ0n) is 13.2. The van der Waals surface area contributed by atoms with Crippen molar-refractivity contribution in [3.63, 3.8) is 0 Å². The Hall–Kier alpha value is -1.49. The summed E-state index contributed by atoms with van der Waals surface area (Å²) in [5, 5.41) is 2.81. The summed E-state index contributed by atoms with van der Waals surface area (Å²) >= 11 is 1.60. The van der Waals surface area contributed by atoms with Gasteiger partial charge in [-0.3, -0.25) is 9.59 Å². The number of ether oxygens (including phenoxy) is 1. The number of carbonyl (C=O) groups is 2. The molecule has 4 nitrogen and oxygen atoms in total. The van der Waals surface area contributed by atoms with Crippen LogP contribution in [0.2, 0.25) is 0 Å². The molecule has 1 unspecified atom stereocenters. The lowest BCUT2D eigenvalue weighted by molar-refractivity contribution is -0.155. The third-order valence-electron chi connectivity index (χ3n) is 2.99. The molecule has 0 heterocycles. The summed E-state index contributed by atoms with van der Waals surface area (Å²) < 4.78 is 5.03. The standard InChI is InChI=1S/C16H23NO3S/c1-6-20-15(19)13(16(2,3)4)14(18)17-11-8-7-9-12(10-11)21-5/h7-10,13H,6H2,1-5H3,(H,17,18). The molecular weight excluding hydrogens is 286 g/mol. The molecule has 0 saturated carbocycles. The Balaban J connectivity index is 2.93. The molecule has 0 radical (unpaired) electrons. The number of carbonyl (C=O) groups excluding carboxylic acids is 2. The summed E-state index contributed by atoms with van der Waals surface area (Å²) in [5.41, 5.74) is 0.179. The molecule has 0 bridgehead atoms. The smallest absolute Gasteiger partial charge is 0.319 e. The number of rotatable bonds is 5. The molecule has 0 aliphatic heterocycles. The van der Waals surface area contributed by atoms with Crippen molar-refractivity contribution in [3.8, 4) is 0 Å². The minimum absolute atomic E-state index is 0.265. The molecule has 0 saturated heterocycles. The number of hydrogen-bond acceptors (Lipinski definition) is 4. The Morgan fingerprint density at radius 1 is 1.33 bits per heavy atom. The van der Waals surface area contributed by atoms with Gasteiger partial charge in [0.1, 0.15) is 5.92 Å². The summed E-state index contributed by atoms with van der Waals surface area (Å²) in [4.78, 5) is 25.6. The first-order chi connectivity index (χ1) is 9.79. The van der Waals surface area contributed by atoms with Crippen molar-refractivity contribution in [3.05, 3.63) is 24.3 Å². The number of anilines is 1. The first kappa shape index (κ1) is 17.6. The SMILES string of the molecule is CCOC(=O)C(C(=O)Nc1cccc(SC)c1)C(C)(C)C. The molecule has 5 heteroatoms. The third kappa shape index (κ3) is 5.08. The second kappa shape index (κ2) is 7.50. The molecule has 0 spiro atoms. The van der Waals surface area contributed by atoms with Crippen LogP contribution in [0.1, 0.15) is 27.7 Å². The second-order valence-corrected chi connectivity index (χ2v) is 6.65. The number of thioether (sulfide) groups is 1. The van der Waals surface area contributed by atoms with Crippen LogP contribution in [0, 0.1) is 11.3 Å². The van der Waals surface area contributed by atoms with Gasteiger partial charge in [-0.15, -0.1) is 11.8 Å². The highest BCUT2D eigenvalue weighted by Gasteiger charge is 2.38. The molecule has 0 fully saturated rings. The van der Waals surface area contributed by atoms with E-state index in [0.717, 1.165) is 4.90 Å². The fourth-order valence-corrected chi connectivity index (χ4v) is 2.45. The molecule has 21 heavy (non-hydrogen) atoms.